The fourth-order valence-electron chi connectivity index (χ4n) is 2.36. The number of pyridine rings is 1. The number of hydrogen-bond donors (Lipinski definition) is 1. The molecule has 0 amide bonds. The lowest BCUT2D eigenvalue weighted by molar-refractivity contribution is 0.506. The molecule has 0 radical (unpaired) electrons. The molecule has 0 aliphatic carbocycles. The summed E-state index contributed by atoms with van der Waals surface area (Å²) in [4.78, 5) is 4.16. The van der Waals surface area contributed by atoms with E-state index in [1.165, 1.54) is 12.1 Å². The van der Waals surface area contributed by atoms with Crippen LogP contribution in [0.25, 0.3) is 0 Å². The van der Waals surface area contributed by atoms with Gasteiger partial charge in [0.15, 0.2) is 0 Å². The molecule has 2 aromatic rings. The summed E-state index contributed by atoms with van der Waals surface area (Å²) >= 11 is 0. The molecular weight excluding hydrogens is 270 g/mol. The Hall–Kier alpha value is -1.81. The average molecular weight is 290 g/mol. The van der Waals surface area contributed by atoms with E-state index in [1.54, 1.807) is 6.20 Å². The SMILES string of the molecule is CCCNC(Cc1ccc(F)cc1F)c1cnccc1C. The molecule has 0 aliphatic heterocycles. The minimum absolute atomic E-state index is 0.0291. The predicted octanol–water partition coefficient (Wildman–Crippen LogP) is 3.95. The smallest absolute Gasteiger partial charge is 0.129 e. The standard InChI is InChI=1S/C17H20F2N2/c1-3-7-21-17(15-11-20-8-6-12(15)2)9-13-4-5-14(18)10-16(13)19/h4-6,8,10-11,17,21H,3,7,9H2,1-2H3. The van der Waals surface area contributed by atoms with Crippen molar-refractivity contribution in [1.82, 2.24) is 10.3 Å². The van der Waals surface area contributed by atoms with Crippen molar-refractivity contribution in [2.45, 2.75) is 32.7 Å². The highest BCUT2D eigenvalue weighted by molar-refractivity contribution is 5.28. The fourth-order valence-corrected chi connectivity index (χ4v) is 2.36. The topological polar surface area (TPSA) is 24.9 Å². The second-order valence-corrected chi connectivity index (χ2v) is 5.18. The van der Waals surface area contributed by atoms with Crippen LogP contribution in [0, 0.1) is 18.6 Å². The second-order valence-electron chi connectivity index (χ2n) is 5.18. The third-order valence-corrected chi connectivity index (χ3v) is 3.53. The maximum absolute atomic E-state index is 13.9. The van der Waals surface area contributed by atoms with E-state index in [2.05, 4.69) is 17.2 Å². The Morgan fingerprint density at radius 2 is 2.05 bits per heavy atom. The van der Waals surface area contributed by atoms with Gasteiger partial charge in [-0.3, -0.25) is 4.98 Å². The van der Waals surface area contributed by atoms with Gasteiger partial charge in [-0.05, 0) is 55.1 Å². The zero-order valence-corrected chi connectivity index (χ0v) is 12.4. The Morgan fingerprint density at radius 3 is 2.71 bits per heavy atom. The maximum atomic E-state index is 13.9. The summed E-state index contributed by atoms with van der Waals surface area (Å²) in [6.07, 6.45) is 5.01. The monoisotopic (exact) mass is 290 g/mol. The number of aromatic nitrogens is 1. The van der Waals surface area contributed by atoms with Crippen molar-refractivity contribution >= 4 is 0 Å². The Morgan fingerprint density at radius 1 is 1.24 bits per heavy atom. The van der Waals surface area contributed by atoms with Gasteiger partial charge in [0, 0.05) is 24.5 Å². The van der Waals surface area contributed by atoms with Crippen LogP contribution >= 0.6 is 0 Å². The molecule has 0 spiro atoms. The zero-order valence-electron chi connectivity index (χ0n) is 12.4. The molecular formula is C17H20F2N2. The molecule has 0 aliphatic rings. The molecule has 1 heterocycles. The normalized spacial score (nSPS) is 12.4. The molecule has 21 heavy (non-hydrogen) atoms. The zero-order chi connectivity index (χ0) is 15.2. The highest BCUT2D eigenvalue weighted by Crippen LogP contribution is 2.22. The van der Waals surface area contributed by atoms with Crippen molar-refractivity contribution in [3.05, 3.63) is 65.0 Å². The van der Waals surface area contributed by atoms with E-state index < -0.39 is 11.6 Å². The second kappa shape index (κ2) is 7.27. The lowest BCUT2D eigenvalue weighted by Gasteiger charge is -2.21. The summed E-state index contributed by atoms with van der Waals surface area (Å²) in [6, 6.07) is 5.65. The van der Waals surface area contributed by atoms with Crippen LogP contribution < -0.4 is 5.32 Å². The van der Waals surface area contributed by atoms with Crippen LogP contribution in [0.15, 0.2) is 36.7 Å². The number of hydrogen-bond acceptors (Lipinski definition) is 2. The van der Waals surface area contributed by atoms with Crippen LogP contribution in [-0.2, 0) is 6.42 Å². The number of nitrogens with one attached hydrogen (secondary N) is 1. The molecule has 112 valence electrons. The van der Waals surface area contributed by atoms with Crippen LogP contribution in [0.3, 0.4) is 0 Å². The average Bonchev–Trinajstić information content (AvgIpc) is 2.46. The molecule has 1 aromatic heterocycles. The van der Waals surface area contributed by atoms with Crippen LogP contribution in [0.5, 0.6) is 0 Å². The van der Waals surface area contributed by atoms with E-state index in [1.807, 2.05) is 19.2 Å². The highest BCUT2D eigenvalue weighted by atomic mass is 19.1. The van der Waals surface area contributed by atoms with Gasteiger partial charge in [0.25, 0.3) is 0 Å². The Kier molecular flexibility index (Phi) is 5.39. The van der Waals surface area contributed by atoms with Crippen LogP contribution in [0.1, 0.15) is 36.1 Å². The molecule has 1 aromatic carbocycles. The molecule has 2 rings (SSSR count). The van der Waals surface area contributed by atoms with Crippen molar-refractivity contribution in [2.75, 3.05) is 6.54 Å². The van der Waals surface area contributed by atoms with Gasteiger partial charge in [-0.25, -0.2) is 8.78 Å². The Labute approximate surface area is 124 Å². The molecule has 1 atom stereocenters. The first kappa shape index (κ1) is 15.6. The summed E-state index contributed by atoms with van der Waals surface area (Å²) in [7, 11) is 0. The van der Waals surface area contributed by atoms with Gasteiger partial charge in [0.1, 0.15) is 11.6 Å². The summed E-state index contributed by atoms with van der Waals surface area (Å²) in [5.74, 6) is -1.05. The number of aryl methyl sites for hydroxylation is 1. The van der Waals surface area contributed by atoms with E-state index in [0.717, 1.165) is 30.2 Å². The molecule has 0 bridgehead atoms. The minimum atomic E-state index is -0.549. The van der Waals surface area contributed by atoms with Gasteiger partial charge in [-0.15, -0.1) is 0 Å². The largest absolute Gasteiger partial charge is 0.310 e. The van der Waals surface area contributed by atoms with Gasteiger partial charge in [0.05, 0.1) is 0 Å². The predicted molar refractivity (Wildman–Crippen MR) is 80.1 cm³/mol. The first-order valence-electron chi connectivity index (χ1n) is 7.19. The van der Waals surface area contributed by atoms with E-state index in [9.17, 15) is 8.78 Å². The molecule has 0 fully saturated rings. The van der Waals surface area contributed by atoms with Crippen molar-refractivity contribution < 1.29 is 8.78 Å². The van der Waals surface area contributed by atoms with Crippen molar-refractivity contribution in [1.29, 1.82) is 0 Å². The molecule has 1 unspecified atom stereocenters. The molecule has 0 saturated heterocycles. The first-order valence-corrected chi connectivity index (χ1v) is 7.19. The molecule has 1 N–H and O–H groups in total. The van der Waals surface area contributed by atoms with Crippen LogP contribution in [0.2, 0.25) is 0 Å². The third-order valence-electron chi connectivity index (χ3n) is 3.53. The quantitative estimate of drug-likeness (QED) is 0.871. The Bertz CT molecular complexity index is 599. The number of benzene rings is 1. The fraction of sp³-hybridized carbons (Fsp3) is 0.353. The van der Waals surface area contributed by atoms with E-state index in [4.69, 9.17) is 0 Å². The van der Waals surface area contributed by atoms with Crippen LogP contribution in [-0.4, -0.2) is 11.5 Å². The number of rotatable bonds is 6. The molecule has 4 heteroatoms. The van der Waals surface area contributed by atoms with Crippen molar-refractivity contribution in [2.24, 2.45) is 0 Å². The first-order chi connectivity index (χ1) is 10.1. The number of nitrogens with zero attached hydrogens (tertiary/aromatic N) is 1. The Balaban J connectivity index is 2.26. The van der Waals surface area contributed by atoms with E-state index in [0.29, 0.717) is 12.0 Å². The number of halogens is 2. The summed E-state index contributed by atoms with van der Waals surface area (Å²) in [5, 5.41) is 3.42. The lowest BCUT2D eigenvalue weighted by Crippen LogP contribution is -2.25. The minimum Gasteiger partial charge on any atom is -0.310 e. The third kappa shape index (κ3) is 4.08. The van der Waals surface area contributed by atoms with Gasteiger partial charge < -0.3 is 5.32 Å². The van der Waals surface area contributed by atoms with Gasteiger partial charge in [0.2, 0.25) is 0 Å². The van der Waals surface area contributed by atoms with Crippen LogP contribution in [0.4, 0.5) is 8.78 Å². The highest BCUT2D eigenvalue weighted by Gasteiger charge is 2.16. The van der Waals surface area contributed by atoms with Crippen molar-refractivity contribution in [3.8, 4) is 0 Å². The van der Waals surface area contributed by atoms with Gasteiger partial charge in [-0.2, -0.15) is 0 Å². The van der Waals surface area contributed by atoms with Crippen molar-refractivity contribution in [3.63, 3.8) is 0 Å². The lowest BCUT2D eigenvalue weighted by atomic mass is 9.96. The van der Waals surface area contributed by atoms with E-state index in [-0.39, 0.29) is 6.04 Å². The summed E-state index contributed by atoms with van der Waals surface area (Å²) < 4.78 is 26.9. The maximum Gasteiger partial charge on any atom is 0.129 e. The van der Waals surface area contributed by atoms with Gasteiger partial charge in [-0.1, -0.05) is 13.0 Å². The molecule has 2 nitrogen and oxygen atoms in total. The summed E-state index contributed by atoms with van der Waals surface area (Å²) in [6.45, 7) is 4.93. The van der Waals surface area contributed by atoms with E-state index >= 15 is 0 Å². The summed E-state index contributed by atoms with van der Waals surface area (Å²) in [5.41, 5.74) is 2.67. The molecule has 0 saturated carbocycles. The van der Waals surface area contributed by atoms with Gasteiger partial charge >= 0.3 is 0 Å².